The molecule has 0 amide bonds. The van der Waals surface area contributed by atoms with Gasteiger partial charge in [-0.25, -0.2) is 4.98 Å². The van der Waals surface area contributed by atoms with E-state index in [0.717, 1.165) is 9.35 Å². The Kier molecular flexibility index (Phi) is 2.49. The highest BCUT2D eigenvalue weighted by atomic mass is 32.2. The Morgan fingerprint density at radius 2 is 2.24 bits per heavy atom. The average Bonchev–Trinajstić information content (AvgIpc) is 2.86. The molecule has 0 aliphatic rings. The molecule has 0 saturated carbocycles. The van der Waals surface area contributed by atoms with Gasteiger partial charge in [0.15, 0.2) is 9.92 Å². The van der Waals surface area contributed by atoms with Crippen LogP contribution in [0.5, 0.6) is 0 Å². The lowest BCUT2D eigenvalue weighted by Crippen LogP contribution is -1.84. The molecule has 2 N–H and O–H groups in total. The Morgan fingerprint density at radius 1 is 1.35 bits per heavy atom. The van der Waals surface area contributed by atoms with Gasteiger partial charge >= 0.3 is 0 Å². The largest absolute Gasteiger partial charge is 0.431 e. The third-order valence-electron chi connectivity index (χ3n) is 2.11. The molecule has 5 nitrogen and oxygen atoms in total. The summed E-state index contributed by atoms with van der Waals surface area (Å²) in [6, 6.07) is 5.48. The van der Waals surface area contributed by atoms with Crippen LogP contribution in [0.15, 0.2) is 32.2 Å². The molecule has 17 heavy (non-hydrogen) atoms. The molecule has 0 aliphatic carbocycles. The number of benzene rings is 1. The fourth-order valence-corrected chi connectivity index (χ4v) is 3.05. The van der Waals surface area contributed by atoms with Gasteiger partial charge in [-0.2, -0.15) is 0 Å². The number of aryl methyl sites for hydroxylation is 1. The summed E-state index contributed by atoms with van der Waals surface area (Å²) in [6.45, 7) is 1.91. The number of nitrogen functional groups attached to an aromatic ring is 1. The van der Waals surface area contributed by atoms with Gasteiger partial charge in [0.1, 0.15) is 10.5 Å². The van der Waals surface area contributed by atoms with E-state index in [9.17, 15) is 0 Å². The first-order valence-corrected chi connectivity index (χ1v) is 6.48. The van der Waals surface area contributed by atoms with E-state index < -0.39 is 0 Å². The average molecular weight is 264 g/mol. The second-order valence-corrected chi connectivity index (χ2v) is 5.74. The van der Waals surface area contributed by atoms with Crippen molar-refractivity contribution in [3.63, 3.8) is 0 Å². The minimum Gasteiger partial charge on any atom is -0.431 e. The summed E-state index contributed by atoms with van der Waals surface area (Å²) in [5, 5.41) is 9.40. The number of aromatic nitrogens is 3. The zero-order valence-corrected chi connectivity index (χ0v) is 10.5. The minimum atomic E-state index is 0.536. The molecule has 1 aromatic carbocycles. The second-order valence-electron chi connectivity index (χ2n) is 3.36. The first-order chi connectivity index (χ1) is 8.22. The Bertz CT molecular complexity index is 676. The highest BCUT2D eigenvalue weighted by Gasteiger charge is 2.11. The maximum atomic E-state index is 5.81. The van der Waals surface area contributed by atoms with Crippen LogP contribution >= 0.6 is 23.1 Å². The SMILES string of the molecule is Cc1nnc(Sc2nc3c(N)cccc3o2)s1. The van der Waals surface area contributed by atoms with Crippen molar-refractivity contribution in [2.24, 2.45) is 0 Å². The van der Waals surface area contributed by atoms with E-state index in [0.29, 0.717) is 22.0 Å². The monoisotopic (exact) mass is 264 g/mol. The van der Waals surface area contributed by atoms with Gasteiger partial charge in [-0.3, -0.25) is 0 Å². The van der Waals surface area contributed by atoms with Crippen molar-refractivity contribution >= 4 is 39.9 Å². The van der Waals surface area contributed by atoms with Crippen LogP contribution in [-0.2, 0) is 0 Å². The number of hydrogen-bond acceptors (Lipinski definition) is 7. The zero-order valence-electron chi connectivity index (χ0n) is 8.88. The fraction of sp³-hybridized carbons (Fsp3) is 0.100. The van der Waals surface area contributed by atoms with E-state index in [4.69, 9.17) is 10.2 Å². The summed E-state index contributed by atoms with van der Waals surface area (Å²) in [4.78, 5) is 4.33. The van der Waals surface area contributed by atoms with E-state index in [1.807, 2.05) is 19.1 Å². The van der Waals surface area contributed by atoms with Crippen molar-refractivity contribution in [2.45, 2.75) is 16.5 Å². The van der Waals surface area contributed by atoms with E-state index in [1.165, 1.54) is 23.1 Å². The molecule has 0 fully saturated rings. The molecule has 0 spiro atoms. The molecule has 0 saturated heterocycles. The minimum absolute atomic E-state index is 0.536. The maximum absolute atomic E-state index is 5.81. The van der Waals surface area contributed by atoms with Gasteiger partial charge in [0.2, 0.25) is 0 Å². The number of anilines is 1. The van der Waals surface area contributed by atoms with Crippen LogP contribution in [0.1, 0.15) is 5.01 Å². The Labute approximate surface area is 105 Å². The van der Waals surface area contributed by atoms with Crippen LogP contribution in [0.3, 0.4) is 0 Å². The van der Waals surface area contributed by atoms with E-state index >= 15 is 0 Å². The van der Waals surface area contributed by atoms with Crippen molar-refractivity contribution in [3.8, 4) is 0 Å². The molecule has 3 rings (SSSR count). The lowest BCUT2D eigenvalue weighted by atomic mass is 10.3. The van der Waals surface area contributed by atoms with Crippen molar-refractivity contribution < 1.29 is 4.42 Å². The summed E-state index contributed by atoms with van der Waals surface area (Å²) in [6.07, 6.45) is 0. The molecule has 0 radical (unpaired) electrons. The van der Waals surface area contributed by atoms with E-state index in [2.05, 4.69) is 15.2 Å². The number of rotatable bonds is 2. The van der Waals surface area contributed by atoms with E-state index in [-0.39, 0.29) is 0 Å². The molecule has 86 valence electrons. The van der Waals surface area contributed by atoms with Crippen LogP contribution in [-0.4, -0.2) is 15.2 Å². The van der Waals surface area contributed by atoms with Gasteiger partial charge in [-0.05, 0) is 19.1 Å². The smallest absolute Gasteiger partial charge is 0.264 e. The van der Waals surface area contributed by atoms with Crippen molar-refractivity contribution in [1.29, 1.82) is 0 Å². The highest BCUT2D eigenvalue weighted by molar-refractivity contribution is 8.00. The number of hydrogen-bond donors (Lipinski definition) is 1. The van der Waals surface area contributed by atoms with Crippen LogP contribution in [0.2, 0.25) is 0 Å². The molecule has 3 aromatic rings. The second kappa shape index (κ2) is 4.01. The Hall–Kier alpha value is -1.60. The molecule has 0 unspecified atom stereocenters. The van der Waals surface area contributed by atoms with Gasteiger partial charge in [0, 0.05) is 11.8 Å². The summed E-state index contributed by atoms with van der Waals surface area (Å²) < 4.78 is 6.39. The molecular weight excluding hydrogens is 256 g/mol. The van der Waals surface area contributed by atoms with E-state index in [1.54, 1.807) is 6.07 Å². The summed E-state index contributed by atoms with van der Waals surface area (Å²) in [5.41, 5.74) is 7.81. The van der Waals surface area contributed by atoms with Crippen LogP contribution in [0.4, 0.5) is 5.69 Å². The van der Waals surface area contributed by atoms with Crippen LogP contribution < -0.4 is 5.73 Å². The highest BCUT2D eigenvalue weighted by Crippen LogP contribution is 2.32. The first-order valence-electron chi connectivity index (χ1n) is 4.85. The molecule has 0 aliphatic heterocycles. The first kappa shape index (κ1) is 10.5. The number of fused-ring (bicyclic) bond motifs is 1. The molecular formula is C10H8N4OS2. The maximum Gasteiger partial charge on any atom is 0.264 e. The standard InChI is InChI=1S/C10H8N4OS2/c1-5-13-14-10(16-5)17-9-12-8-6(11)3-2-4-7(8)15-9/h2-4H,11H2,1H3. The topological polar surface area (TPSA) is 77.8 Å². The normalized spacial score (nSPS) is 11.1. The van der Waals surface area contributed by atoms with Crippen molar-refractivity contribution in [1.82, 2.24) is 15.2 Å². The van der Waals surface area contributed by atoms with Crippen LogP contribution in [0.25, 0.3) is 11.1 Å². The lowest BCUT2D eigenvalue weighted by molar-refractivity contribution is 0.489. The fourth-order valence-electron chi connectivity index (χ4n) is 1.39. The van der Waals surface area contributed by atoms with Crippen molar-refractivity contribution in [2.75, 3.05) is 5.73 Å². The zero-order chi connectivity index (χ0) is 11.8. The van der Waals surface area contributed by atoms with Gasteiger partial charge in [-0.1, -0.05) is 17.4 Å². The predicted octanol–water partition coefficient (Wildman–Crippen LogP) is 2.72. The number of oxazole rings is 1. The molecule has 2 heterocycles. The Morgan fingerprint density at radius 3 is 2.94 bits per heavy atom. The van der Waals surface area contributed by atoms with Gasteiger partial charge < -0.3 is 10.2 Å². The summed E-state index contributed by atoms with van der Waals surface area (Å²) in [7, 11) is 0. The number of nitrogens with zero attached hydrogens (tertiary/aromatic N) is 3. The number of para-hydroxylation sites is 1. The summed E-state index contributed by atoms with van der Waals surface area (Å²) >= 11 is 2.86. The summed E-state index contributed by atoms with van der Waals surface area (Å²) in [5.74, 6) is 0. The Balaban J connectivity index is 1.98. The quantitative estimate of drug-likeness (QED) is 0.717. The van der Waals surface area contributed by atoms with Crippen LogP contribution in [0, 0.1) is 6.92 Å². The lowest BCUT2D eigenvalue weighted by Gasteiger charge is -1.89. The third-order valence-corrected chi connectivity index (χ3v) is 3.85. The molecule has 2 aromatic heterocycles. The van der Waals surface area contributed by atoms with Gasteiger partial charge in [-0.15, -0.1) is 10.2 Å². The number of nitrogens with two attached hydrogens (primary N) is 1. The van der Waals surface area contributed by atoms with Gasteiger partial charge in [0.25, 0.3) is 5.22 Å². The molecule has 7 heteroatoms. The predicted molar refractivity (Wildman–Crippen MR) is 67.2 cm³/mol. The molecule has 0 bridgehead atoms. The van der Waals surface area contributed by atoms with Gasteiger partial charge in [0.05, 0.1) is 5.69 Å². The van der Waals surface area contributed by atoms with Crippen molar-refractivity contribution in [3.05, 3.63) is 23.2 Å². The third kappa shape index (κ3) is 1.98. The molecule has 0 atom stereocenters.